The van der Waals surface area contributed by atoms with E-state index in [0.29, 0.717) is 19.0 Å². The van der Waals surface area contributed by atoms with Gasteiger partial charge >= 0.3 is 6.03 Å². The van der Waals surface area contributed by atoms with Gasteiger partial charge in [-0.3, -0.25) is 0 Å². The van der Waals surface area contributed by atoms with Gasteiger partial charge in [-0.05, 0) is 36.5 Å². The molecule has 2 amide bonds. The standard InChI is InChI=1S/C14H23N3O/c1-11(2)5-4-8-16-14(18)17-13-7-3-6-12(9-13)10-15/h3,6-7,9,11H,4-5,8,10,15H2,1-2H3,(H2,16,17,18). The van der Waals surface area contributed by atoms with E-state index in [-0.39, 0.29) is 6.03 Å². The predicted octanol–water partition coefficient (Wildman–Crippen LogP) is 2.70. The van der Waals surface area contributed by atoms with Crippen molar-refractivity contribution in [3.63, 3.8) is 0 Å². The Morgan fingerprint density at radius 3 is 2.83 bits per heavy atom. The van der Waals surface area contributed by atoms with Gasteiger partial charge in [0.1, 0.15) is 0 Å². The molecule has 1 aromatic carbocycles. The third-order valence-electron chi connectivity index (χ3n) is 2.66. The fourth-order valence-electron chi connectivity index (χ4n) is 1.66. The number of amides is 2. The lowest BCUT2D eigenvalue weighted by Gasteiger charge is -2.09. The van der Waals surface area contributed by atoms with E-state index in [4.69, 9.17) is 5.73 Å². The summed E-state index contributed by atoms with van der Waals surface area (Å²) in [7, 11) is 0. The van der Waals surface area contributed by atoms with Gasteiger partial charge in [0.2, 0.25) is 0 Å². The number of benzene rings is 1. The topological polar surface area (TPSA) is 67.2 Å². The molecule has 0 saturated carbocycles. The summed E-state index contributed by atoms with van der Waals surface area (Å²) in [5.41, 5.74) is 7.33. The van der Waals surface area contributed by atoms with Gasteiger partial charge in [-0.25, -0.2) is 4.79 Å². The van der Waals surface area contributed by atoms with Gasteiger partial charge in [0, 0.05) is 18.8 Å². The summed E-state index contributed by atoms with van der Waals surface area (Å²) >= 11 is 0. The van der Waals surface area contributed by atoms with Crippen molar-refractivity contribution in [2.75, 3.05) is 11.9 Å². The molecule has 0 radical (unpaired) electrons. The molecule has 0 aliphatic rings. The van der Waals surface area contributed by atoms with Crippen molar-refractivity contribution in [1.29, 1.82) is 0 Å². The summed E-state index contributed by atoms with van der Waals surface area (Å²) in [6, 6.07) is 7.40. The minimum atomic E-state index is -0.159. The quantitative estimate of drug-likeness (QED) is 0.679. The highest BCUT2D eigenvalue weighted by Gasteiger charge is 2.01. The summed E-state index contributed by atoms with van der Waals surface area (Å²) in [4.78, 5) is 11.6. The van der Waals surface area contributed by atoms with Crippen molar-refractivity contribution in [1.82, 2.24) is 5.32 Å². The van der Waals surface area contributed by atoms with Crippen molar-refractivity contribution < 1.29 is 4.79 Å². The molecular formula is C14H23N3O. The maximum absolute atomic E-state index is 11.6. The first-order valence-electron chi connectivity index (χ1n) is 6.45. The second kappa shape index (κ2) is 7.71. The first kappa shape index (κ1) is 14.5. The van der Waals surface area contributed by atoms with E-state index in [9.17, 15) is 4.79 Å². The van der Waals surface area contributed by atoms with E-state index in [1.807, 2.05) is 24.3 Å². The number of hydrogen-bond acceptors (Lipinski definition) is 2. The highest BCUT2D eigenvalue weighted by molar-refractivity contribution is 5.89. The van der Waals surface area contributed by atoms with E-state index < -0.39 is 0 Å². The minimum absolute atomic E-state index is 0.159. The second-order valence-electron chi connectivity index (χ2n) is 4.82. The van der Waals surface area contributed by atoms with Crippen LogP contribution in [-0.4, -0.2) is 12.6 Å². The highest BCUT2D eigenvalue weighted by Crippen LogP contribution is 2.09. The third kappa shape index (κ3) is 5.68. The Hall–Kier alpha value is -1.55. The summed E-state index contributed by atoms with van der Waals surface area (Å²) in [6.07, 6.45) is 2.14. The third-order valence-corrected chi connectivity index (χ3v) is 2.66. The number of nitrogens with two attached hydrogens (primary N) is 1. The lowest BCUT2D eigenvalue weighted by atomic mass is 10.1. The van der Waals surface area contributed by atoms with E-state index in [0.717, 1.165) is 24.1 Å². The van der Waals surface area contributed by atoms with Gasteiger partial charge in [-0.15, -0.1) is 0 Å². The predicted molar refractivity (Wildman–Crippen MR) is 75.4 cm³/mol. The van der Waals surface area contributed by atoms with Gasteiger partial charge in [0.15, 0.2) is 0 Å². The molecule has 0 heterocycles. The van der Waals surface area contributed by atoms with Gasteiger partial charge in [0.05, 0.1) is 0 Å². The molecule has 0 fully saturated rings. The highest BCUT2D eigenvalue weighted by atomic mass is 16.2. The number of rotatable bonds is 6. The van der Waals surface area contributed by atoms with Crippen LogP contribution in [0.2, 0.25) is 0 Å². The molecule has 0 aliphatic heterocycles. The molecule has 0 atom stereocenters. The van der Waals surface area contributed by atoms with E-state index >= 15 is 0 Å². The Bertz CT molecular complexity index is 377. The number of hydrogen-bond donors (Lipinski definition) is 3. The van der Waals surface area contributed by atoms with Crippen molar-refractivity contribution in [2.24, 2.45) is 11.7 Å². The van der Waals surface area contributed by atoms with Gasteiger partial charge in [-0.2, -0.15) is 0 Å². The molecule has 0 saturated heterocycles. The maximum Gasteiger partial charge on any atom is 0.319 e. The zero-order valence-corrected chi connectivity index (χ0v) is 11.2. The Kier molecular flexibility index (Phi) is 6.22. The number of anilines is 1. The lowest BCUT2D eigenvalue weighted by Crippen LogP contribution is -2.29. The smallest absolute Gasteiger partial charge is 0.319 e. The normalized spacial score (nSPS) is 10.4. The maximum atomic E-state index is 11.6. The molecule has 0 bridgehead atoms. The zero-order chi connectivity index (χ0) is 13.4. The molecule has 0 unspecified atom stereocenters. The fourth-order valence-corrected chi connectivity index (χ4v) is 1.66. The summed E-state index contributed by atoms with van der Waals surface area (Å²) in [5, 5.41) is 5.64. The fraction of sp³-hybridized carbons (Fsp3) is 0.500. The molecule has 0 aromatic heterocycles. The minimum Gasteiger partial charge on any atom is -0.338 e. The van der Waals surface area contributed by atoms with Gasteiger partial charge < -0.3 is 16.4 Å². The van der Waals surface area contributed by atoms with Crippen LogP contribution in [0.3, 0.4) is 0 Å². The van der Waals surface area contributed by atoms with Gasteiger partial charge in [-0.1, -0.05) is 26.0 Å². The van der Waals surface area contributed by atoms with Crippen LogP contribution in [0.25, 0.3) is 0 Å². The largest absolute Gasteiger partial charge is 0.338 e. The number of urea groups is 1. The van der Waals surface area contributed by atoms with E-state index in [1.54, 1.807) is 0 Å². The Labute approximate surface area is 109 Å². The SMILES string of the molecule is CC(C)CCCNC(=O)Nc1cccc(CN)c1. The molecule has 4 N–H and O–H groups in total. The first-order valence-corrected chi connectivity index (χ1v) is 6.45. The van der Waals surface area contributed by atoms with E-state index in [1.165, 1.54) is 0 Å². The average Bonchev–Trinajstić information content (AvgIpc) is 2.34. The molecule has 4 heteroatoms. The number of carbonyl (C=O) groups excluding carboxylic acids is 1. The molecule has 18 heavy (non-hydrogen) atoms. The molecule has 1 aromatic rings. The monoisotopic (exact) mass is 249 g/mol. The summed E-state index contributed by atoms with van der Waals surface area (Å²) < 4.78 is 0. The second-order valence-corrected chi connectivity index (χ2v) is 4.82. The Morgan fingerprint density at radius 2 is 2.17 bits per heavy atom. The average molecular weight is 249 g/mol. The van der Waals surface area contributed by atoms with E-state index in [2.05, 4.69) is 24.5 Å². The lowest BCUT2D eigenvalue weighted by molar-refractivity contribution is 0.251. The van der Waals surface area contributed by atoms with Crippen LogP contribution in [0.4, 0.5) is 10.5 Å². The number of nitrogens with one attached hydrogen (secondary N) is 2. The Balaban J connectivity index is 2.30. The first-order chi connectivity index (χ1) is 8.61. The number of carbonyl (C=O) groups is 1. The van der Waals surface area contributed by atoms with Crippen molar-refractivity contribution >= 4 is 11.7 Å². The molecule has 1 rings (SSSR count). The summed E-state index contributed by atoms with van der Waals surface area (Å²) in [6.45, 7) is 5.54. The molecule has 0 aliphatic carbocycles. The van der Waals surface area contributed by atoms with Crippen molar-refractivity contribution in [3.8, 4) is 0 Å². The molecule has 0 spiro atoms. The van der Waals surface area contributed by atoms with Gasteiger partial charge in [0.25, 0.3) is 0 Å². The van der Waals surface area contributed by atoms with Crippen LogP contribution in [0.15, 0.2) is 24.3 Å². The van der Waals surface area contributed by atoms with Crippen LogP contribution in [0.5, 0.6) is 0 Å². The Morgan fingerprint density at radius 1 is 1.39 bits per heavy atom. The van der Waals surface area contributed by atoms with Crippen LogP contribution >= 0.6 is 0 Å². The zero-order valence-electron chi connectivity index (χ0n) is 11.2. The van der Waals surface area contributed by atoms with Crippen LogP contribution in [0, 0.1) is 5.92 Å². The summed E-state index contributed by atoms with van der Waals surface area (Å²) in [5.74, 6) is 0.677. The molecular weight excluding hydrogens is 226 g/mol. The van der Waals surface area contributed by atoms with Crippen molar-refractivity contribution in [2.45, 2.75) is 33.2 Å². The van der Waals surface area contributed by atoms with Crippen LogP contribution in [0.1, 0.15) is 32.3 Å². The van der Waals surface area contributed by atoms with Crippen molar-refractivity contribution in [3.05, 3.63) is 29.8 Å². The molecule has 100 valence electrons. The van der Waals surface area contributed by atoms with Crippen LogP contribution in [-0.2, 0) is 6.54 Å². The van der Waals surface area contributed by atoms with Crippen LogP contribution < -0.4 is 16.4 Å². The molecule has 4 nitrogen and oxygen atoms in total.